The van der Waals surface area contributed by atoms with Crippen LogP contribution in [0.1, 0.15) is 25.8 Å². The fourth-order valence-corrected chi connectivity index (χ4v) is 1.98. The molecule has 0 bridgehead atoms. The number of hydrogen-bond donors (Lipinski definition) is 3. The number of aliphatic carboxylic acids is 1. The van der Waals surface area contributed by atoms with Crippen LogP contribution in [0.15, 0.2) is 24.5 Å². The van der Waals surface area contributed by atoms with E-state index < -0.39 is 11.5 Å². The van der Waals surface area contributed by atoms with Crippen LogP contribution in [0.5, 0.6) is 0 Å². The highest BCUT2D eigenvalue weighted by Crippen LogP contribution is 2.17. The van der Waals surface area contributed by atoms with Gasteiger partial charge in [-0.3, -0.25) is 4.79 Å². The minimum absolute atomic E-state index is 0.120. The zero-order valence-electron chi connectivity index (χ0n) is 11.4. The molecule has 0 saturated carbocycles. The van der Waals surface area contributed by atoms with E-state index in [4.69, 9.17) is 5.11 Å². The van der Waals surface area contributed by atoms with Crippen LogP contribution in [0.25, 0.3) is 11.0 Å². The molecule has 6 heteroatoms. The van der Waals surface area contributed by atoms with Crippen molar-refractivity contribution in [1.29, 1.82) is 0 Å². The fourth-order valence-electron chi connectivity index (χ4n) is 1.98. The maximum atomic E-state index is 12.0. The van der Waals surface area contributed by atoms with Gasteiger partial charge in [0.15, 0.2) is 0 Å². The SMILES string of the molecule is CCC(C)(NC(=O)Cc1c[nH]c2ncccc12)C(=O)O. The number of hydrogen-bond acceptors (Lipinski definition) is 3. The van der Waals surface area contributed by atoms with Gasteiger partial charge in [0, 0.05) is 17.8 Å². The Morgan fingerprint density at radius 3 is 2.90 bits per heavy atom. The predicted octanol–water partition coefficient (Wildman–Crippen LogP) is 1.47. The second kappa shape index (κ2) is 5.32. The first-order valence-corrected chi connectivity index (χ1v) is 6.41. The zero-order chi connectivity index (χ0) is 14.8. The molecule has 0 spiro atoms. The van der Waals surface area contributed by atoms with Crippen LogP contribution < -0.4 is 5.32 Å². The van der Waals surface area contributed by atoms with E-state index in [9.17, 15) is 9.59 Å². The number of nitrogens with one attached hydrogen (secondary N) is 2. The monoisotopic (exact) mass is 275 g/mol. The minimum Gasteiger partial charge on any atom is -0.480 e. The summed E-state index contributed by atoms with van der Waals surface area (Å²) in [7, 11) is 0. The molecule has 0 fully saturated rings. The molecule has 0 saturated heterocycles. The quantitative estimate of drug-likeness (QED) is 0.770. The van der Waals surface area contributed by atoms with E-state index in [0.717, 1.165) is 10.9 Å². The van der Waals surface area contributed by atoms with Gasteiger partial charge >= 0.3 is 5.97 Å². The molecule has 2 heterocycles. The Balaban J connectivity index is 2.14. The van der Waals surface area contributed by atoms with Crippen LogP contribution in [-0.4, -0.2) is 32.5 Å². The summed E-state index contributed by atoms with van der Waals surface area (Å²) in [6.45, 7) is 3.23. The summed E-state index contributed by atoms with van der Waals surface area (Å²) in [5.41, 5.74) is 0.280. The van der Waals surface area contributed by atoms with Gasteiger partial charge in [0.25, 0.3) is 0 Å². The lowest BCUT2D eigenvalue weighted by atomic mass is 9.98. The van der Waals surface area contributed by atoms with Crippen molar-refractivity contribution in [2.45, 2.75) is 32.2 Å². The maximum absolute atomic E-state index is 12.0. The molecule has 2 aromatic heterocycles. The number of pyridine rings is 1. The van der Waals surface area contributed by atoms with Gasteiger partial charge in [0.1, 0.15) is 11.2 Å². The van der Waals surface area contributed by atoms with Crippen molar-refractivity contribution in [2.75, 3.05) is 0 Å². The van der Waals surface area contributed by atoms with Crippen LogP contribution in [0, 0.1) is 0 Å². The first kappa shape index (κ1) is 14.0. The first-order valence-electron chi connectivity index (χ1n) is 6.41. The Hall–Kier alpha value is -2.37. The average Bonchev–Trinajstić information content (AvgIpc) is 2.82. The van der Waals surface area contributed by atoms with Gasteiger partial charge in [-0.25, -0.2) is 9.78 Å². The van der Waals surface area contributed by atoms with Crippen molar-refractivity contribution in [3.63, 3.8) is 0 Å². The molecule has 0 aromatic carbocycles. The molecular weight excluding hydrogens is 258 g/mol. The molecule has 0 aliphatic heterocycles. The molecule has 0 aliphatic rings. The van der Waals surface area contributed by atoms with Crippen LogP contribution in [-0.2, 0) is 16.0 Å². The molecule has 1 unspecified atom stereocenters. The second-order valence-corrected chi connectivity index (χ2v) is 4.93. The van der Waals surface area contributed by atoms with Gasteiger partial charge in [-0.15, -0.1) is 0 Å². The highest BCUT2D eigenvalue weighted by Gasteiger charge is 2.32. The summed E-state index contributed by atoms with van der Waals surface area (Å²) in [5.74, 6) is -1.35. The number of aromatic amines is 1. The van der Waals surface area contributed by atoms with Crippen molar-refractivity contribution >= 4 is 22.9 Å². The average molecular weight is 275 g/mol. The zero-order valence-corrected chi connectivity index (χ0v) is 11.4. The number of aromatic nitrogens is 2. The molecule has 3 N–H and O–H groups in total. The molecule has 2 aromatic rings. The standard InChI is InChI=1S/C14H17N3O3/c1-3-14(2,13(19)20)17-11(18)7-9-8-16-12-10(9)5-4-6-15-12/h4-6,8H,3,7H2,1-2H3,(H,15,16)(H,17,18)(H,19,20). The number of carbonyl (C=O) groups is 2. The highest BCUT2D eigenvalue weighted by molar-refractivity contribution is 5.90. The van der Waals surface area contributed by atoms with Crippen molar-refractivity contribution in [3.8, 4) is 0 Å². The van der Waals surface area contributed by atoms with E-state index in [0.29, 0.717) is 12.1 Å². The third kappa shape index (κ3) is 2.64. The third-order valence-corrected chi connectivity index (χ3v) is 3.48. The number of rotatable bonds is 5. The first-order chi connectivity index (χ1) is 9.46. The minimum atomic E-state index is -1.23. The summed E-state index contributed by atoms with van der Waals surface area (Å²) in [5, 5.41) is 12.6. The molecule has 1 amide bonds. The topological polar surface area (TPSA) is 95.1 Å². The molecule has 1 atom stereocenters. The number of carboxylic acid groups (broad SMARTS) is 1. The van der Waals surface area contributed by atoms with Crippen molar-refractivity contribution in [3.05, 3.63) is 30.1 Å². The van der Waals surface area contributed by atoms with Crippen molar-refractivity contribution < 1.29 is 14.7 Å². The van der Waals surface area contributed by atoms with Crippen LogP contribution in [0.2, 0.25) is 0 Å². The lowest BCUT2D eigenvalue weighted by Crippen LogP contribution is -2.52. The van der Waals surface area contributed by atoms with Gasteiger partial charge in [-0.1, -0.05) is 6.92 Å². The van der Waals surface area contributed by atoms with E-state index in [1.165, 1.54) is 6.92 Å². The number of amides is 1. The lowest BCUT2D eigenvalue weighted by molar-refractivity contribution is -0.146. The van der Waals surface area contributed by atoms with Crippen LogP contribution >= 0.6 is 0 Å². The largest absolute Gasteiger partial charge is 0.480 e. The van der Waals surface area contributed by atoms with E-state index in [1.54, 1.807) is 25.4 Å². The summed E-state index contributed by atoms with van der Waals surface area (Å²) in [6, 6.07) is 3.67. The molecule has 20 heavy (non-hydrogen) atoms. The number of carboxylic acids is 1. The van der Waals surface area contributed by atoms with Crippen LogP contribution in [0.3, 0.4) is 0 Å². The van der Waals surface area contributed by atoms with E-state index in [-0.39, 0.29) is 12.3 Å². The van der Waals surface area contributed by atoms with Crippen molar-refractivity contribution in [1.82, 2.24) is 15.3 Å². The Labute approximate surface area is 116 Å². The van der Waals surface area contributed by atoms with Gasteiger partial charge in [-0.2, -0.15) is 0 Å². The van der Waals surface area contributed by atoms with E-state index in [1.807, 2.05) is 6.07 Å². The fraction of sp³-hybridized carbons (Fsp3) is 0.357. The molecule has 106 valence electrons. The van der Waals surface area contributed by atoms with Gasteiger partial charge in [0.05, 0.1) is 6.42 Å². The lowest BCUT2D eigenvalue weighted by Gasteiger charge is -2.24. The summed E-state index contributed by atoms with van der Waals surface area (Å²) < 4.78 is 0. The Kier molecular flexibility index (Phi) is 3.74. The van der Waals surface area contributed by atoms with Gasteiger partial charge < -0.3 is 15.4 Å². The Morgan fingerprint density at radius 2 is 2.25 bits per heavy atom. The van der Waals surface area contributed by atoms with E-state index in [2.05, 4.69) is 15.3 Å². The Morgan fingerprint density at radius 1 is 1.50 bits per heavy atom. The summed E-state index contributed by atoms with van der Waals surface area (Å²) in [4.78, 5) is 30.3. The number of H-pyrrole nitrogens is 1. The summed E-state index contributed by atoms with van der Waals surface area (Å²) in [6.07, 6.45) is 3.83. The van der Waals surface area contributed by atoms with Crippen LogP contribution in [0.4, 0.5) is 0 Å². The Bertz CT molecular complexity index is 650. The van der Waals surface area contributed by atoms with Gasteiger partial charge in [0.2, 0.25) is 5.91 Å². The molecule has 0 radical (unpaired) electrons. The number of fused-ring (bicyclic) bond motifs is 1. The van der Waals surface area contributed by atoms with E-state index >= 15 is 0 Å². The summed E-state index contributed by atoms with van der Waals surface area (Å²) >= 11 is 0. The number of carbonyl (C=O) groups excluding carboxylic acids is 1. The predicted molar refractivity (Wildman–Crippen MR) is 74.3 cm³/mol. The smallest absolute Gasteiger partial charge is 0.329 e. The molecular formula is C14H17N3O3. The van der Waals surface area contributed by atoms with Gasteiger partial charge in [-0.05, 0) is 31.0 Å². The molecule has 2 rings (SSSR count). The normalized spacial score (nSPS) is 13.9. The molecule has 6 nitrogen and oxygen atoms in total. The van der Waals surface area contributed by atoms with Crippen molar-refractivity contribution in [2.24, 2.45) is 0 Å². The number of nitrogens with zero attached hydrogens (tertiary/aromatic N) is 1. The maximum Gasteiger partial charge on any atom is 0.329 e. The highest BCUT2D eigenvalue weighted by atomic mass is 16.4. The molecule has 0 aliphatic carbocycles. The third-order valence-electron chi connectivity index (χ3n) is 3.48. The second-order valence-electron chi connectivity index (χ2n) is 4.93.